The predicted molar refractivity (Wildman–Crippen MR) is 58.8 cm³/mol. The lowest BCUT2D eigenvalue weighted by Crippen LogP contribution is -2.02. The number of anilines is 1. The molecule has 5 nitrogen and oxygen atoms in total. The Morgan fingerprint density at radius 2 is 1.94 bits per heavy atom. The Morgan fingerprint density at radius 3 is 2.56 bits per heavy atom. The van der Waals surface area contributed by atoms with Crippen LogP contribution in [0.2, 0.25) is 0 Å². The van der Waals surface area contributed by atoms with Crippen molar-refractivity contribution in [2.45, 2.75) is 0 Å². The summed E-state index contributed by atoms with van der Waals surface area (Å²) in [6.07, 6.45) is 4.44. The third-order valence-corrected chi connectivity index (χ3v) is 2.18. The minimum Gasteiger partial charge on any atom is -0.478 e. The Hall–Kier alpha value is -2.43. The van der Waals surface area contributed by atoms with Crippen LogP contribution in [0.15, 0.2) is 36.9 Å². The first kappa shape index (κ1) is 10.1. The number of aromatic carboxylic acids is 1. The largest absolute Gasteiger partial charge is 0.478 e. The van der Waals surface area contributed by atoms with Crippen LogP contribution in [-0.4, -0.2) is 21.0 Å². The minimum absolute atomic E-state index is 0.148. The molecule has 0 aliphatic carbocycles. The van der Waals surface area contributed by atoms with Crippen LogP contribution in [0.4, 0.5) is 5.69 Å². The molecule has 0 unspecified atom stereocenters. The van der Waals surface area contributed by atoms with E-state index in [4.69, 9.17) is 10.8 Å². The Kier molecular flexibility index (Phi) is 2.51. The maximum Gasteiger partial charge on any atom is 0.336 e. The number of nitrogens with two attached hydrogens (primary N) is 1. The molecular formula is C11H9N3O2. The monoisotopic (exact) mass is 215 g/mol. The Labute approximate surface area is 91.6 Å². The zero-order chi connectivity index (χ0) is 11.5. The molecule has 1 aromatic heterocycles. The number of hydrogen-bond donors (Lipinski definition) is 2. The Morgan fingerprint density at radius 1 is 1.25 bits per heavy atom. The summed E-state index contributed by atoms with van der Waals surface area (Å²) >= 11 is 0. The van der Waals surface area contributed by atoms with Crippen LogP contribution < -0.4 is 5.73 Å². The SMILES string of the molecule is Nc1cccc(C(=O)O)c1-c1cncnc1. The summed E-state index contributed by atoms with van der Waals surface area (Å²) in [6.45, 7) is 0. The summed E-state index contributed by atoms with van der Waals surface area (Å²) in [5, 5.41) is 9.06. The summed E-state index contributed by atoms with van der Waals surface area (Å²) in [5.74, 6) is -1.02. The number of nitrogen functional groups attached to an aromatic ring is 1. The highest BCUT2D eigenvalue weighted by molar-refractivity contribution is 5.99. The van der Waals surface area contributed by atoms with Gasteiger partial charge in [0.05, 0.1) is 5.56 Å². The molecule has 0 aliphatic rings. The Bertz CT molecular complexity index is 526. The summed E-state index contributed by atoms with van der Waals surface area (Å²) < 4.78 is 0. The number of benzene rings is 1. The van der Waals surface area contributed by atoms with Gasteiger partial charge in [0.15, 0.2) is 0 Å². The van der Waals surface area contributed by atoms with Crippen molar-refractivity contribution in [2.24, 2.45) is 0 Å². The lowest BCUT2D eigenvalue weighted by atomic mass is 10.0. The summed E-state index contributed by atoms with van der Waals surface area (Å²) in [5.41, 5.74) is 7.37. The molecule has 0 aliphatic heterocycles. The van der Waals surface area contributed by atoms with Crippen molar-refractivity contribution < 1.29 is 9.90 Å². The van der Waals surface area contributed by atoms with Gasteiger partial charge in [0, 0.05) is 29.2 Å². The van der Waals surface area contributed by atoms with E-state index in [0.29, 0.717) is 16.8 Å². The second-order valence-corrected chi connectivity index (χ2v) is 3.20. The molecule has 80 valence electrons. The van der Waals surface area contributed by atoms with E-state index >= 15 is 0 Å². The fourth-order valence-electron chi connectivity index (χ4n) is 1.50. The number of carboxylic acids is 1. The fourth-order valence-corrected chi connectivity index (χ4v) is 1.50. The van der Waals surface area contributed by atoms with E-state index in [1.165, 1.54) is 24.8 Å². The van der Waals surface area contributed by atoms with Crippen LogP contribution in [0.25, 0.3) is 11.1 Å². The van der Waals surface area contributed by atoms with Crippen molar-refractivity contribution >= 4 is 11.7 Å². The molecule has 0 saturated heterocycles. The standard InChI is InChI=1S/C11H9N3O2/c12-9-3-1-2-8(11(15)16)10(9)7-4-13-6-14-5-7/h1-6H,12H2,(H,15,16). The number of nitrogens with zero attached hydrogens (tertiary/aromatic N) is 2. The molecule has 0 fully saturated rings. The molecule has 2 aromatic rings. The van der Waals surface area contributed by atoms with Gasteiger partial charge in [0.2, 0.25) is 0 Å². The van der Waals surface area contributed by atoms with E-state index in [2.05, 4.69) is 9.97 Å². The second-order valence-electron chi connectivity index (χ2n) is 3.20. The van der Waals surface area contributed by atoms with Gasteiger partial charge in [-0.25, -0.2) is 14.8 Å². The van der Waals surface area contributed by atoms with Crippen LogP contribution >= 0.6 is 0 Å². The smallest absolute Gasteiger partial charge is 0.336 e. The highest BCUT2D eigenvalue weighted by atomic mass is 16.4. The van der Waals surface area contributed by atoms with Gasteiger partial charge in [-0.05, 0) is 12.1 Å². The minimum atomic E-state index is -1.02. The third-order valence-electron chi connectivity index (χ3n) is 2.18. The molecular weight excluding hydrogens is 206 g/mol. The highest BCUT2D eigenvalue weighted by Gasteiger charge is 2.14. The van der Waals surface area contributed by atoms with E-state index < -0.39 is 5.97 Å². The van der Waals surface area contributed by atoms with E-state index in [-0.39, 0.29) is 5.56 Å². The van der Waals surface area contributed by atoms with Crippen molar-refractivity contribution in [1.82, 2.24) is 9.97 Å². The van der Waals surface area contributed by atoms with E-state index in [1.807, 2.05) is 0 Å². The molecule has 0 radical (unpaired) electrons. The van der Waals surface area contributed by atoms with Crippen LogP contribution in [0.5, 0.6) is 0 Å². The molecule has 0 saturated carbocycles. The zero-order valence-electron chi connectivity index (χ0n) is 8.29. The van der Waals surface area contributed by atoms with Gasteiger partial charge >= 0.3 is 5.97 Å². The second kappa shape index (κ2) is 3.98. The van der Waals surface area contributed by atoms with E-state index in [1.54, 1.807) is 12.1 Å². The Balaban J connectivity index is 2.68. The molecule has 1 heterocycles. The quantitative estimate of drug-likeness (QED) is 0.739. The van der Waals surface area contributed by atoms with Crippen LogP contribution in [0, 0.1) is 0 Å². The van der Waals surface area contributed by atoms with Crippen molar-refractivity contribution in [2.75, 3.05) is 5.73 Å². The maximum atomic E-state index is 11.1. The van der Waals surface area contributed by atoms with E-state index in [0.717, 1.165) is 0 Å². The van der Waals surface area contributed by atoms with Crippen molar-refractivity contribution in [3.63, 3.8) is 0 Å². The molecule has 2 rings (SSSR count). The lowest BCUT2D eigenvalue weighted by Gasteiger charge is -2.08. The number of carbonyl (C=O) groups is 1. The topological polar surface area (TPSA) is 89.1 Å². The van der Waals surface area contributed by atoms with Crippen LogP contribution in [0.3, 0.4) is 0 Å². The normalized spacial score (nSPS) is 10.0. The predicted octanol–water partition coefficient (Wildman–Crippen LogP) is 1.42. The molecule has 3 N–H and O–H groups in total. The van der Waals surface area contributed by atoms with Crippen molar-refractivity contribution in [3.05, 3.63) is 42.5 Å². The van der Waals surface area contributed by atoms with Crippen molar-refractivity contribution in [1.29, 1.82) is 0 Å². The van der Waals surface area contributed by atoms with Gasteiger partial charge < -0.3 is 10.8 Å². The molecule has 0 spiro atoms. The summed E-state index contributed by atoms with van der Waals surface area (Å²) in [4.78, 5) is 18.7. The van der Waals surface area contributed by atoms with Gasteiger partial charge in [-0.2, -0.15) is 0 Å². The van der Waals surface area contributed by atoms with Crippen molar-refractivity contribution in [3.8, 4) is 11.1 Å². The van der Waals surface area contributed by atoms with Gasteiger partial charge in [-0.3, -0.25) is 0 Å². The molecule has 0 atom stereocenters. The molecule has 5 heteroatoms. The van der Waals surface area contributed by atoms with Gasteiger partial charge in [0.1, 0.15) is 6.33 Å². The maximum absolute atomic E-state index is 11.1. The van der Waals surface area contributed by atoms with Crippen LogP contribution in [0.1, 0.15) is 10.4 Å². The summed E-state index contributed by atoms with van der Waals surface area (Å²) in [7, 11) is 0. The molecule has 0 amide bonds. The third kappa shape index (κ3) is 1.70. The highest BCUT2D eigenvalue weighted by Crippen LogP contribution is 2.28. The van der Waals surface area contributed by atoms with Gasteiger partial charge in [-0.1, -0.05) is 6.07 Å². The first-order valence-electron chi connectivity index (χ1n) is 4.57. The fraction of sp³-hybridized carbons (Fsp3) is 0. The number of carboxylic acid groups (broad SMARTS) is 1. The zero-order valence-corrected chi connectivity index (χ0v) is 8.29. The first-order valence-corrected chi connectivity index (χ1v) is 4.57. The van der Waals surface area contributed by atoms with Gasteiger partial charge in [-0.15, -0.1) is 0 Å². The average molecular weight is 215 g/mol. The number of aromatic nitrogens is 2. The molecule has 16 heavy (non-hydrogen) atoms. The summed E-state index contributed by atoms with van der Waals surface area (Å²) in [6, 6.07) is 4.75. The molecule has 0 bridgehead atoms. The van der Waals surface area contributed by atoms with E-state index in [9.17, 15) is 4.79 Å². The van der Waals surface area contributed by atoms with Crippen LogP contribution in [-0.2, 0) is 0 Å². The number of hydrogen-bond acceptors (Lipinski definition) is 4. The molecule has 1 aromatic carbocycles. The average Bonchev–Trinajstić information content (AvgIpc) is 2.29. The lowest BCUT2D eigenvalue weighted by molar-refractivity contribution is 0.0698. The van der Waals surface area contributed by atoms with Gasteiger partial charge in [0.25, 0.3) is 0 Å². The number of rotatable bonds is 2. The first-order chi connectivity index (χ1) is 7.70.